The van der Waals surface area contributed by atoms with E-state index in [4.69, 9.17) is 5.11 Å². The molecule has 2 N–H and O–H groups in total. The number of β-amino-alcohol motifs (C(OH)–C–C–N with tert-alkyl or cyclic N) is 1. The predicted molar refractivity (Wildman–Crippen MR) is 65.6 cm³/mol. The Bertz CT molecular complexity index is 206. The number of piperazine rings is 1. The maximum atomic E-state index is 8.99. The lowest BCUT2D eigenvalue weighted by Crippen LogP contribution is -2.56. The molecule has 0 bridgehead atoms. The van der Waals surface area contributed by atoms with Gasteiger partial charge in [0.15, 0.2) is 0 Å². The highest BCUT2D eigenvalue weighted by Gasteiger charge is 2.28. The van der Waals surface area contributed by atoms with Gasteiger partial charge in [-0.2, -0.15) is 0 Å². The molecule has 2 fully saturated rings. The van der Waals surface area contributed by atoms with Crippen molar-refractivity contribution in [1.82, 2.24) is 15.1 Å². The molecule has 0 aromatic rings. The third-order valence-corrected chi connectivity index (χ3v) is 4.01. The Labute approximate surface area is 98.6 Å². The highest BCUT2D eigenvalue weighted by atomic mass is 16.3. The fourth-order valence-electron chi connectivity index (χ4n) is 2.99. The summed E-state index contributed by atoms with van der Waals surface area (Å²) in [5.74, 6) is 0. The molecule has 94 valence electrons. The fourth-order valence-corrected chi connectivity index (χ4v) is 2.99. The molecule has 4 heteroatoms. The van der Waals surface area contributed by atoms with Crippen molar-refractivity contribution in [2.75, 3.05) is 45.9 Å². The number of nitrogens with zero attached hydrogens (tertiary/aromatic N) is 2. The lowest BCUT2D eigenvalue weighted by molar-refractivity contribution is 0.0367. The molecule has 0 aromatic carbocycles. The van der Waals surface area contributed by atoms with E-state index in [9.17, 15) is 0 Å². The summed E-state index contributed by atoms with van der Waals surface area (Å²) < 4.78 is 0. The minimum absolute atomic E-state index is 0.289. The van der Waals surface area contributed by atoms with Crippen LogP contribution in [0.4, 0.5) is 0 Å². The van der Waals surface area contributed by atoms with Crippen molar-refractivity contribution in [3.05, 3.63) is 0 Å². The first-order valence-electron chi connectivity index (χ1n) is 6.61. The second-order valence-electron chi connectivity index (χ2n) is 5.08. The van der Waals surface area contributed by atoms with Crippen LogP contribution in [0.2, 0.25) is 0 Å². The van der Waals surface area contributed by atoms with Crippen molar-refractivity contribution >= 4 is 0 Å². The summed E-state index contributed by atoms with van der Waals surface area (Å²) in [6.45, 7) is 9.22. The van der Waals surface area contributed by atoms with Gasteiger partial charge in [0, 0.05) is 38.3 Å². The van der Waals surface area contributed by atoms with Crippen LogP contribution >= 0.6 is 0 Å². The maximum absolute atomic E-state index is 8.99. The SMILES string of the molecule is CC1CN(C2CCNCC2)CCN1CCO. The molecule has 0 saturated carbocycles. The van der Waals surface area contributed by atoms with Crippen LogP contribution in [-0.2, 0) is 0 Å². The smallest absolute Gasteiger partial charge is 0.0558 e. The van der Waals surface area contributed by atoms with Gasteiger partial charge in [-0.05, 0) is 32.9 Å². The summed E-state index contributed by atoms with van der Waals surface area (Å²) in [7, 11) is 0. The summed E-state index contributed by atoms with van der Waals surface area (Å²) in [5, 5.41) is 12.4. The second-order valence-corrected chi connectivity index (χ2v) is 5.08. The van der Waals surface area contributed by atoms with E-state index in [0.29, 0.717) is 6.04 Å². The molecule has 0 radical (unpaired) electrons. The first-order chi connectivity index (χ1) is 7.81. The molecule has 2 heterocycles. The number of rotatable bonds is 3. The highest BCUT2D eigenvalue weighted by molar-refractivity contribution is 4.85. The predicted octanol–water partition coefficient (Wildman–Crippen LogP) is -0.263. The van der Waals surface area contributed by atoms with Crippen LogP contribution < -0.4 is 5.32 Å². The van der Waals surface area contributed by atoms with Gasteiger partial charge in [-0.3, -0.25) is 9.80 Å². The van der Waals surface area contributed by atoms with Crippen molar-refractivity contribution in [2.45, 2.75) is 31.8 Å². The van der Waals surface area contributed by atoms with E-state index in [1.54, 1.807) is 0 Å². The number of hydrogen-bond acceptors (Lipinski definition) is 4. The number of aliphatic hydroxyl groups is 1. The van der Waals surface area contributed by atoms with Crippen LogP contribution in [0.25, 0.3) is 0 Å². The summed E-state index contributed by atoms with van der Waals surface area (Å²) in [5.41, 5.74) is 0. The van der Waals surface area contributed by atoms with Gasteiger partial charge in [-0.1, -0.05) is 0 Å². The first kappa shape index (κ1) is 12.3. The Hall–Kier alpha value is -0.160. The Balaban J connectivity index is 1.81. The van der Waals surface area contributed by atoms with Crippen molar-refractivity contribution < 1.29 is 5.11 Å². The standard InChI is InChI=1S/C12H25N3O/c1-11-10-15(7-6-14(11)8-9-16)12-2-4-13-5-3-12/h11-13,16H,2-10H2,1H3. The van der Waals surface area contributed by atoms with Gasteiger partial charge in [0.05, 0.1) is 6.61 Å². The molecule has 0 aliphatic carbocycles. The van der Waals surface area contributed by atoms with Gasteiger partial charge < -0.3 is 10.4 Å². The van der Waals surface area contributed by atoms with E-state index in [1.165, 1.54) is 39.0 Å². The van der Waals surface area contributed by atoms with Crippen molar-refractivity contribution in [2.24, 2.45) is 0 Å². The van der Waals surface area contributed by atoms with E-state index in [-0.39, 0.29) is 6.61 Å². The second kappa shape index (κ2) is 5.96. The van der Waals surface area contributed by atoms with E-state index >= 15 is 0 Å². The Morgan fingerprint density at radius 3 is 2.62 bits per heavy atom. The van der Waals surface area contributed by atoms with Crippen LogP contribution in [0.15, 0.2) is 0 Å². The van der Waals surface area contributed by atoms with Gasteiger partial charge in [-0.15, -0.1) is 0 Å². The number of aliphatic hydroxyl groups excluding tert-OH is 1. The van der Waals surface area contributed by atoms with E-state index in [0.717, 1.165) is 19.1 Å². The van der Waals surface area contributed by atoms with Gasteiger partial charge >= 0.3 is 0 Å². The Morgan fingerprint density at radius 2 is 2.00 bits per heavy atom. The highest BCUT2D eigenvalue weighted by Crippen LogP contribution is 2.17. The van der Waals surface area contributed by atoms with Crippen molar-refractivity contribution in [1.29, 1.82) is 0 Å². The number of piperidine rings is 1. The molecule has 2 aliphatic rings. The van der Waals surface area contributed by atoms with Crippen LogP contribution in [0, 0.1) is 0 Å². The largest absolute Gasteiger partial charge is 0.395 e. The summed E-state index contributed by atoms with van der Waals surface area (Å²) >= 11 is 0. The van der Waals surface area contributed by atoms with Gasteiger partial charge in [0.1, 0.15) is 0 Å². The molecule has 4 nitrogen and oxygen atoms in total. The normalized spacial score (nSPS) is 30.8. The molecule has 16 heavy (non-hydrogen) atoms. The van der Waals surface area contributed by atoms with E-state index in [1.807, 2.05) is 0 Å². The summed E-state index contributed by atoms with van der Waals surface area (Å²) in [6.07, 6.45) is 2.60. The lowest BCUT2D eigenvalue weighted by atomic mass is 10.0. The van der Waals surface area contributed by atoms with Crippen molar-refractivity contribution in [3.63, 3.8) is 0 Å². The molecule has 2 aliphatic heterocycles. The number of nitrogens with one attached hydrogen (secondary N) is 1. The van der Waals surface area contributed by atoms with Crippen LogP contribution in [0.3, 0.4) is 0 Å². The molecular weight excluding hydrogens is 202 g/mol. The van der Waals surface area contributed by atoms with E-state index < -0.39 is 0 Å². The topological polar surface area (TPSA) is 38.7 Å². The molecule has 0 aromatic heterocycles. The zero-order valence-electron chi connectivity index (χ0n) is 10.4. The van der Waals surface area contributed by atoms with Crippen LogP contribution in [-0.4, -0.2) is 72.9 Å². The summed E-state index contributed by atoms with van der Waals surface area (Å²) in [6, 6.07) is 1.38. The molecular formula is C12H25N3O. The fraction of sp³-hybridized carbons (Fsp3) is 1.00. The van der Waals surface area contributed by atoms with E-state index in [2.05, 4.69) is 22.0 Å². The zero-order valence-corrected chi connectivity index (χ0v) is 10.4. The third-order valence-electron chi connectivity index (χ3n) is 4.01. The maximum Gasteiger partial charge on any atom is 0.0558 e. The molecule has 2 saturated heterocycles. The molecule has 0 amide bonds. The molecule has 1 atom stereocenters. The Morgan fingerprint density at radius 1 is 1.25 bits per heavy atom. The average molecular weight is 227 g/mol. The zero-order chi connectivity index (χ0) is 11.4. The molecule has 1 unspecified atom stereocenters. The van der Waals surface area contributed by atoms with Crippen LogP contribution in [0.5, 0.6) is 0 Å². The molecule has 0 spiro atoms. The van der Waals surface area contributed by atoms with Gasteiger partial charge in [0.25, 0.3) is 0 Å². The lowest BCUT2D eigenvalue weighted by Gasteiger charge is -2.44. The average Bonchev–Trinajstić information content (AvgIpc) is 2.33. The summed E-state index contributed by atoms with van der Waals surface area (Å²) in [4.78, 5) is 5.05. The minimum Gasteiger partial charge on any atom is -0.395 e. The Kier molecular flexibility index (Phi) is 4.58. The number of hydrogen-bond donors (Lipinski definition) is 2. The van der Waals surface area contributed by atoms with Crippen molar-refractivity contribution in [3.8, 4) is 0 Å². The monoisotopic (exact) mass is 227 g/mol. The first-order valence-corrected chi connectivity index (χ1v) is 6.61. The molecule has 2 rings (SSSR count). The third kappa shape index (κ3) is 2.94. The minimum atomic E-state index is 0.289. The quantitative estimate of drug-likeness (QED) is 0.697. The van der Waals surface area contributed by atoms with Gasteiger partial charge in [-0.25, -0.2) is 0 Å². The van der Waals surface area contributed by atoms with Gasteiger partial charge in [0.2, 0.25) is 0 Å². The van der Waals surface area contributed by atoms with Crippen LogP contribution in [0.1, 0.15) is 19.8 Å².